The van der Waals surface area contributed by atoms with E-state index in [2.05, 4.69) is 18.0 Å². The number of thioether (sulfide) groups is 1. The molecule has 1 heterocycles. The van der Waals surface area contributed by atoms with Gasteiger partial charge in [0.15, 0.2) is 0 Å². The van der Waals surface area contributed by atoms with E-state index in [1.165, 1.54) is 17.9 Å². The molecule has 1 aliphatic rings. The molecule has 0 N–H and O–H groups in total. The average Bonchev–Trinajstić information content (AvgIpc) is 2.90. The van der Waals surface area contributed by atoms with Gasteiger partial charge in [0.2, 0.25) is 0 Å². The van der Waals surface area contributed by atoms with E-state index in [0.717, 1.165) is 12.1 Å². The summed E-state index contributed by atoms with van der Waals surface area (Å²) in [6.45, 7) is 0.839. The lowest BCUT2D eigenvalue weighted by atomic mass is 9.99. The Bertz CT molecular complexity index is 379. The largest absolute Gasteiger partial charge is 0.301 e. The monoisotopic (exact) mass is 246 g/mol. The molecule has 2 nitrogen and oxygen atoms in total. The molecule has 0 spiro atoms. The molecule has 0 bridgehead atoms. The molecule has 90 valence electrons. The molecule has 2 rings (SSSR count). The zero-order valence-corrected chi connectivity index (χ0v) is 11.0. The number of hydrogen-bond acceptors (Lipinski definition) is 3. The smallest absolute Gasteiger partial charge is 0.0839 e. The molecular formula is C14H18N2S. The van der Waals surface area contributed by atoms with E-state index in [4.69, 9.17) is 0 Å². The van der Waals surface area contributed by atoms with Gasteiger partial charge in [0.1, 0.15) is 0 Å². The highest BCUT2D eigenvalue weighted by atomic mass is 32.2. The molecule has 0 radical (unpaired) electrons. The number of likely N-dealkylation sites (N-methyl/N-ethyl adjacent to an activating group) is 1. The summed E-state index contributed by atoms with van der Waals surface area (Å²) in [6.07, 6.45) is 1.26. The molecule has 3 heteroatoms. The van der Waals surface area contributed by atoms with Gasteiger partial charge in [-0.2, -0.15) is 17.0 Å². The zero-order chi connectivity index (χ0) is 12.1. The molecule has 1 fully saturated rings. The maximum atomic E-state index is 9.29. The minimum absolute atomic E-state index is 0.00759. The van der Waals surface area contributed by atoms with Crippen LogP contribution >= 0.6 is 11.8 Å². The molecule has 0 aromatic heterocycles. The summed E-state index contributed by atoms with van der Waals surface area (Å²) >= 11 is 2.02. The number of nitriles is 1. The molecule has 0 aliphatic carbocycles. The first kappa shape index (κ1) is 12.5. The fraction of sp³-hybridized carbons (Fsp3) is 0.500. The molecule has 1 aromatic rings. The Morgan fingerprint density at radius 3 is 2.82 bits per heavy atom. The van der Waals surface area contributed by atoms with Gasteiger partial charge in [-0.3, -0.25) is 0 Å². The van der Waals surface area contributed by atoms with Gasteiger partial charge in [0, 0.05) is 18.3 Å². The standard InChI is InChI=1S/C14H18N2S/c1-16(14-7-8-17-11-14)10-13(9-15)12-5-3-2-4-6-12/h2-6,13-14H,7-8,10-11H2,1H3. The second-order valence-electron chi connectivity index (χ2n) is 4.55. The van der Waals surface area contributed by atoms with Crippen LogP contribution in [0.1, 0.15) is 17.9 Å². The van der Waals surface area contributed by atoms with Crippen molar-refractivity contribution in [3.05, 3.63) is 35.9 Å². The van der Waals surface area contributed by atoms with Crippen LogP contribution in [0.15, 0.2) is 30.3 Å². The molecule has 17 heavy (non-hydrogen) atoms. The third kappa shape index (κ3) is 3.24. The summed E-state index contributed by atoms with van der Waals surface area (Å²) in [6, 6.07) is 13.2. The van der Waals surface area contributed by atoms with Crippen LogP contribution in [0.2, 0.25) is 0 Å². The van der Waals surface area contributed by atoms with Gasteiger partial charge in [-0.15, -0.1) is 0 Å². The van der Waals surface area contributed by atoms with Crippen LogP contribution < -0.4 is 0 Å². The Morgan fingerprint density at radius 1 is 1.47 bits per heavy atom. The molecule has 2 unspecified atom stereocenters. The van der Waals surface area contributed by atoms with Crippen LogP contribution in [-0.2, 0) is 0 Å². The fourth-order valence-corrected chi connectivity index (χ4v) is 3.51. The number of rotatable bonds is 4. The van der Waals surface area contributed by atoms with Crippen molar-refractivity contribution in [2.24, 2.45) is 0 Å². The molecule has 0 amide bonds. The Kier molecular flexibility index (Phi) is 4.47. The summed E-state index contributed by atoms with van der Waals surface area (Å²) in [5, 5.41) is 9.29. The van der Waals surface area contributed by atoms with Crippen LogP contribution in [-0.4, -0.2) is 36.0 Å². The van der Waals surface area contributed by atoms with Crippen LogP contribution in [0.4, 0.5) is 0 Å². The highest BCUT2D eigenvalue weighted by Gasteiger charge is 2.22. The van der Waals surface area contributed by atoms with Crippen LogP contribution in [0, 0.1) is 11.3 Å². The molecular weight excluding hydrogens is 228 g/mol. The topological polar surface area (TPSA) is 27.0 Å². The van der Waals surface area contributed by atoms with Crippen LogP contribution in [0.25, 0.3) is 0 Å². The van der Waals surface area contributed by atoms with Gasteiger partial charge in [0.05, 0.1) is 12.0 Å². The third-order valence-electron chi connectivity index (χ3n) is 3.36. The lowest BCUT2D eigenvalue weighted by Crippen LogP contribution is -2.34. The van der Waals surface area contributed by atoms with E-state index < -0.39 is 0 Å². The van der Waals surface area contributed by atoms with Crippen LogP contribution in [0.3, 0.4) is 0 Å². The second kappa shape index (κ2) is 6.09. The lowest BCUT2D eigenvalue weighted by molar-refractivity contribution is 0.258. The highest BCUT2D eigenvalue weighted by molar-refractivity contribution is 7.99. The first-order valence-electron chi connectivity index (χ1n) is 6.04. The fourth-order valence-electron chi connectivity index (χ4n) is 2.21. The van der Waals surface area contributed by atoms with Crippen molar-refractivity contribution >= 4 is 11.8 Å². The minimum Gasteiger partial charge on any atom is -0.301 e. The van der Waals surface area contributed by atoms with Gasteiger partial charge < -0.3 is 4.90 Å². The van der Waals surface area contributed by atoms with Crippen molar-refractivity contribution in [1.29, 1.82) is 5.26 Å². The molecule has 1 aliphatic heterocycles. The predicted molar refractivity (Wildman–Crippen MR) is 73.2 cm³/mol. The van der Waals surface area contributed by atoms with Gasteiger partial charge >= 0.3 is 0 Å². The quantitative estimate of drug-likeness (QED) is 0.817. The molecule has 0 saturated carbocycles. The summed E-state index contributed by atoms with van der Waals surface area (Å²) in [5.74, 6) is 2.47. The van der Waals surface area contributed by atoms with E-state index >= 15 is 0 Å². The Morgan fingerprint density at radius 2 is 2.24 bits per heavy atom. The first-order valence-corrected chi connectivity index (χ1v) is 7.19. The maximum absolute atomic E-state index is 9.29. The third-order valence-corrected chi connectivity index (χ3v) is 4.50. The van der Waals surface area contributed by atoms with Gasteiger partial charge in [-0.05, 0) is 24.8 Å². The van der Waals surface area contributed by atoms with Gasteiger partial charge in [0.25, 0.3) is 0 Å². The molecule has 1 aromatic carbocycles. The molecule has 2 atom stereocenters. The normalized spacial score (nSPS) is 21.4. The van der Waals surface area contributed by atoms with Crippen molar-refractivity contribution in [3.8, 4) is 6.07 Å². The Labute approximate surface area is 108 Å². The Balaban J connectivity index is 1.98. The van der Waals surface area contributed by atoms with Gasteiger partial charge in [-0.1, -0.05) is 30.3 Å². The van der Waals surface area contributed by atoms with E-state index in [1.54, 1.807) is 0 Å². The number of nitrogens with zero attached hydrogens (tertiary/aromatic N) is 2. The van der Waals surface area contributed by atoms with Crippen molar-refractivity contribution in [2.45, 2.75) is 18.4 Å². The van der Waals surface area contributed by atoms with Crippen molar-refractivity contribution in [2.75, 3.05) is 25.1 Å². The lowest BCUT2D eigenvalue weighted by Gasteiger charge is -2.25. The summed E-state index contributed by atoms with van der Waals surface area (Å²) in [5.41, 5.74) is 1.13. The number of hydrogen-bond donors (Lipinski definition) is 0. The zero-order valence-electron chi connectivity index (χ0n) is 10.2. The summed E-state index contributed by atoms with van der Waals surface area (Å²) in [7, 11) is 2.14. The first-order chi connectivity index (χ1) is 8.31. The summed E-state index contributed by atoms with van der Waals surface area (Å²) in [4.78, 5) is 2.35. The van der Waals surface area contributed by atoms with Crippen molar-refractivity contribution in [3.63, 3.8) is 0 Å². The SMILES string of the molecule is CN(CC(C#N)c1ccccc1)C1CCSC1. The predicted octanol–water partition coefficient (Wildman–Crippen LogP) is 2.73. The Hall–Kier alpha value is -0.980. The maximum Gasteiger partial charge on any atom is 0.0839 e. The van der Waals surface area contributed by atoms with Gasteiger partial charge in [-0.25, -0.2) is 0 Å². The van der Waals surface area contributed by atoms with E-state index in [9.17, 15) is 5.26 Å². The average molecular weight is 246 g/mol. The van der Waals surface area contributed by atoms with E-state index in [1.807, 2.05) is 42.1 Å². The van der Waals surface area contributed by atoms with Crippen LogP contribution in [0.5, 0.6) is 0 Å². The molecule has 1 saturated heterocycles. The van der Waals surface area contributed by atoms with Crippen molar-refractivity contribution < 1.29 is 0 Å². The van der Waals surface area contributed by atoms with E-state index in [0.29, 0.717) is 6.04 Å². The minimum atomic E-state index is -0.00759. The van der Waals surface area contributed by atoms with E-state index in [-0.39, 0.29) is 5.92 Å². The highest BCUT2D eigenvalue weighted by Crippen LogP contribution is 2.24. The van der Waals surface area contributed by atoms with Crippen molar-refractivity contribution in [1.82, 2.24) is 4.90 Å². The number of benzene rings is 1. The second-order valence-corrected chi connectivity index (χ2v) is 5.70. The summed E-state index contributed by atoms with van der Waals surface area (Å²) < 4.78 is 0.